The molecule has 2 unspecified atom stereocenters. The Bertz CT molecular complexity index is 420. The second-order valence-electron chi connectivity index (χ2n) is 3.88. The number of hydrogen-bond donors (Lipinski definition) is 2. The molecule has 2 atom stereocenters. The molecule has 0 bridgehead atoms. The molecule has 6 heteroatoms. The van der Waals surface area contributed by atoms with Crippen molar-refractivity contribution >= 4 is 11.9 Å². The molecule has 104 valence electrons. The van der Waals surface area contributed by atoms with Crippen LogP contribution < -0.4 is 5.32 Å². The van der Waals surface area contributed by atoms with Crippen molar-refractivity contribution in [2.45, 2.75) is 12.1 Å². The van der Waals surface area contributed by atoms with E-state index in [1.54, 1.807) is 24.3 Å². The van der Waals surface area contributed by atoms with Crippen molar-refractivity contribution in [2.24, 2.45) is 0 Å². The quantitative estimate of drug-likeness (QED) is 0.755. The number of ether oxygens (including phenoxy) is 2. The van der Waals surface area contributed by atoms with Gasteiger partial charge in [0.15, 0.2) is 12.1 Å². The lowest BCUT2D eigenvalue weighted by Crippen LogP contribution is -2.46. The molecule has 0 aliphatic heterocycles. The summed E-state index contributed by atoms with van der Waals surface area (Å²) in [6.07, 6.45) is -0.847. The second-order valence-corrected chi connectivity index (χ2v) is 3.88. The number of benzene rings is 1. The van der Waals surface area contributed by atoms with E-state index in [4.69, 9.17) is 14.6 Å². The molecular weight excluding hydrogens is 250 g/mol. The number of carboxylic acid groups (broad SMARTS) is 1. The van der Waals surface area contributed by atoms with Crippen LogP contribution in [0.3, 0.4) is 0 Å². The maximum atomic E-state index is 12.0. The molecule has 0 aromatic heterocycles. The van der Waals surface area contributed by atoms with Crippen LogP contribution in [0, 0.1) is 0 Å². The third-order valence-corrected chi connectivity index (χ3v) is 2.52. The number of carbonyl (C=O) groups excluding carboxylic acids is 1. The van der Waals surface area contributed by atoms with Crippen LogP contribution in [0.2, 0.25) is 0 Å². The molecule has 19 heavy (non-hydrogen) atoms. The Morgan fingerprint density at radius 3 is 2.37 bits per heavy atom. The number of amides is 1. The molecule has 0 saturated carbocycles. The molecule has 1 amide bonds. The fourth-order valence-electron chi connectivity index (χ4n) is 1.61. The van der Waals surface area contributed by atoms with E-state index in [0.717, 1.165) is 0 Å². The first-order valence-electron chi connectivity index (χ1n) is 5.70. The lowest BCUT2D eigenvalue weighted by molar-refractivity contribution is -0.145. The lowest BCUT2D eigenvalue weighted by atomic mass is 10.1. The minimum absolute atomic E-state index is 0.105. The smallest absolute Gasteiger partial charge is 0.328 e. The van der Waals surface area contributed by atoms with E-state index < -0.39 is 24.0 Å². The van der Waals surface area contributed by atoms with E-state index in [9.17, 15) is 9.59 Å². The lowest BCUT2D eigenvalue weighted by Gasteiger charge is -2.19. The van der Waals surface area contributed by atoms with E-state index in [1.165, 1.54) is 14.2 Å². The van der Waals surface area contributed by atoms with Gasteiger partial charge in [-0.3, -0.25) is 4.79 Å². The highest BCUT2D eigenvalue weighted by atomic mass is 16.5. The van der Waals surface area contributed by atoms with Gasteiger partial charge in [0, 0.05) is 14.2 Å². The summed E-state index contributed by atoms with van der Waals surface area (Å²) in [6, 6.07) is 7.74. The molecule has 1 rings (SSSR count). The fourth-order valence-corrected chi connectivity index (χ4v) is 1.61. The van der Waals surface area contributed by atoms with Gasteiger partial charge in [0.25, 0.3) is 5.91 Å². The Morgan fingerprint density at radius 1 is 1.26 bits per heavy atom. The molecule has 0 fully saturated rings. The van der Waals surface area contributed by atoms with Crippen molar-refractivity contribution < 1.29 is 24.2 Å². The number of rotatable bonds is 7. The van der Waals surface area contributed by atoms with E-state index in [1.807, 2.05) is 6.07 Å². The topological polar surface area (TPSA) is 84.9 Å². The zero-order valence-electron chi connectivity index (χ0n) is 10.8. The highest BCUT2D eigenvalue weighted by molar-refractivity contribution is 5.87. The van der Waals surface area contributed by atoms with Crippen molar-refractivity contribution in [3.8, 4) is 0 Å². The highest BCUT2D eigenvalue weighted by Crippen LogP contribution is 2.16. The number of carbonyl (C=O) groups is 2. The van der Waals surface area contributed by atoms with Crippen molar-refractivity contribution in [1.82, 2.24) is 5.32 Å². The first-order chi connectivity index (χ1) is 9.10. The van der Waals surface area contributed by atoms with Crippen molar-refractivity contribution in [1.29, 1.82) is 0 Å². The molecule has 1 aromatic carbocycles. The van der Waals surface area contributed by atoms with Crippen LogP contribution in [0.25, 0.3) is 0 Å². The number of carboxylic acids is 1. The number of methoxy groups -OCH3 is 2. The number of nitrogens with one attached hydrogen (secondary N) is 1. The van der Waals surface area contributed by atoms with Crippen LogP contribution in [0.5, 0.6) is 0 Å². The largest absolute Gasteiger partial charge is 0.480 e. The summed E-state index contributed by atoms with van der Waals surface area (Å²) in [5.74, 6) is -1.67. The molecule has 1 aromatic rings. The molecular formula is C13H17NO5. The monoisotopic (exact) mass is 267 g/mol. The van der Waals surface area contributed by atoms with Gasteiger partial charge in [-0.2, -0.15) is 0 Å². The maximum Gasteiger partial charge on any atom is 0.328 e. The Balaban J connectivity index is 2.76. The van der Waals surface area contributed by atoms with Gasteiger partial charge in [-0.15, -0.1) is 0 Å². The summed E-state index contributed by atoms with van der Waals surface area (Å²) in [7, 11) is 2.76. The van der Waals surface area contributed by atoms with Crippen LogP contribution in [-0.4, -0.2) is 43.9 Å². The summed E-state index contributed by atoms with van der Waals surface area (Å²) in [4.78, 5) is 22.9. The number of aliphatic carboxylic acids is 1. The number of hydrogen-bond acceptors (Lipinski definition) is 4. The average Bonchev–Trinajstić information content (AvgIpc) is 2.40. The van der Waals surface area contributed by atoms with Crippen molar-refractivity contribution in [3.63, 3.8) is 0 Å². The van der Waals surface area contributed by atoms with Crippen LogP contribution in [0.15, 0.2) is 30.3 Å². The molecule has 0 aliphatic carbocycles. The van der Waals surface area contributed by atoms with E-state index >= 15 is 0 Å². The summed E-state index contributed by atoms with van der Waals surface area (Å²) < 4.78 is 9.86. The molecule has 6 nitrogen and oxygen atoms in total. The Hall–Kier alpha value is -1.92. The van der Waals surface area contributed by atoms with Crippen LogP contribution in [0.4, 0.5) is 0 Å². The van der Waals surface area contributed by atoms with Gasteiger partial charge < -0.3 is 19.9 Å². The normalized spacial score (nSPS) is 13.6. The van der Waals surface area contributed by atoms with Gasteiger partial charge in [0.1, 0.15) is 0 Å². The molecule has 0 radical (unpaired) electrons. The zero-order valence-corrected chi connectivity index (χ0v) is 10.8. The summed E-state index contributed by atoms with van der Waals surface area (Å²) in [5, 5.41) is 11.3. The van der Waals surface area contributed by atoms with E-state index in [0.29, 0.717) is 5.56 Å². The maximum absolute atomic E-state index is 12.0. The van der Waals surface area contributed by atoms with Gasteiger partial charge >= 0.3 is 5.97 Å². The highest BCUT2D eigenvalue weighted by Gasteiger charge is 2.26. The molecule has 0 spiro atoms. The molecule has 0 heterocycles. The summed E-state index contributed by atoms with van der Waals surface area (Å²) in [5.41, 5.74) is 0.657. The van der Waals surface area contributed by atoms with E-state index in [2.05, 4.69) is 5.32 Å². The minimum Gasteiger partial charge on any atom is -0.480 e. The van der Waals surface area contributed by atoms with Crippen molar-refractivity contribution in [3.05, 3.63) is 35.9 Å². The first-order valence-corrected chi connectivity index (χ1v) is 5.70. The molecule has 2 N–H and O–H groups in total. The fraction of sp³-hybridized carbons (Fsp3) is 0.385. The third kappa shape index (κ3) is 4.35. The van der Waals surface area contributed by atoms with Crippen molar-refractivity contribution in [2.75, 3.05) is 20.8 Å². The first kappa shape index (κ1) is 15.1. The molecule has 0 saturated heterocycles. The average molecular weight is 267 g/mol. The van der Waals surface area contributed by atoms with Crippen LogP contribution in [-0.2, 0) is 19.1 Å². The summed E-state index contributed by atoms with van der Waals surface area (Å²) in [6.45, 7) is -0.105. The Morgan fingerprint density at radius 2 is 1.89 bits per heavy atom. The Kier molecular flexibility index (Phi) is 5.98. The second kappa shape index (κ2) is 7.50. The zero-order chi connectivity index (χ0) is 14.3. The Labute approximate surface area is 111 Å². The van der Waals surface area contributed by atoms with Gasteiger partial charge in [-0.1, -0.05) is 30.3 Å². The van der Waals surface area contributed by atoms with Crippen LogP contribution in [0.1, 0.15) is 11.7 Å². The standard InChI is InChI=1S/C13H17NO5/c1-18-8-10(13(16)17)14-12(15)11(19-2)9-6-4-3-5-7-9/h3-7,10-11H,8H2,1-2H3,(H,14,15)(H,16,17). The third-order valence-electron chi connectivity index (χ3n) is 2.52. The van der Waals surface area contributed by atoms with Crippen LogP contribution >= 0.6 is 0 Å². The summed E-state index contributed by atoms with van der Waals surface area (Å²) >= 11 is 0. The predicted molar refractivity (Wildman–Crippen MR) is 67.6 cm³/mol. The van der Waals surface area contributed by atoms with Gasteiger partial charge in [0.2, 0.25) is 0 Å². The van der Waals surface area contributed by atoms with Gasteiger partial charge in [0.05, 0.1) is 6.61 Å². The van der Waals surface area contributed by atoms with Gasteiger partial charge in [-0.05, 0) is 5.56 Å². The van der Waals surface area contributed by atoms with Gasteiger partial charge in [-0.25, -0.2) is 4.79 Å². The minimum atomic E-state index is -1.15. The molecule has 0 aliphatic rings. The van der Waals surface area contributed by atoms with E-state index in [-0.39, 0.29) is 6.61 Å². The SMILES string of the molecule is COCC(NC(=O)C(OC)c1ccccc1)C(=O)O. The predicted octanol–water partition coefficient (Wildman–Crippen LogP) is 0.590.